The lowest BCUT2D eigenvalue weighted by atomic mass is 9.46. The van der Waals surface area contributed by atoms with E-state index in [9.17, 15) is 0 Å². The highest BCUT2D eigenvalue weighted by molar-refractivity contribution is 7.80. The number of rotatable bonds is 10. The molecule has 0 N–H and O–H groups in total. The topological polar surface area (TPSA) is 0 Å². The molecule has 2 heteroatoms. The highest BCUT2D eigenvalue weighted by Crippen LogP contribution is 2.62. The van der Waals surface area contributed by atoms with Crippen LogP contribution >= 0.6 is 21.9 Å². The highest BCUT2D eigenvalue weighted by Gasteiger charge is 2.54. The molecule has 3 aliphatic rings. The number of hydrogen-bond acceptors (Lipinski definition) is 1. The first-order valence-electron chi connectivity index (χ1n) is 19.0. The summed E-state index contributed by atoms with van der Waals surface area (Å²) in [6.45, 7) is 29.0. The molecule has 0 bridgehead atoms. The molecule has 3 fully saturated rings. The summed E-state index contributed by atoms with van der Waals surface area (Å²) in [4.78, 5) is 0. The minimum absolute atomic E-state index is 0.0134. The van der Waals surface area contributed by atoms with Gasteiger partial charge in [0, 0.05) is 10.7 Å². The van der Waals surface area contributed by atoms with Crippen molar-refractivity contribution in [2.45, 2.75) is 162 Å². The Morgan fingerprint density at radius 3 is 1.82 bits per heavy atom. The van der Waals surface area contributed by atoms with Crippen LogP contribution in [0.5, 0.6) is 0 Å². The first-order valence-corrected chi connectivity index (χ1v) is 20.1. The first-order chi connectivity index (χ1) is 21.5. The third-order valence-electron chi connectivity index (χ3n) is 11.6. The van der Waals surface area contributed by atoms with Crippen LogP contribution in [0.2, 0.25) is 0 Å². The number of thiol groups is 1. The summed E-state index contributed by atoms with van der Waals surface area (Å²) in [7, 11) is 3.00. The van der Waals surface area contributed by atoms with E-state index in [1.165, 1.54) is 107 Å². The molecule has 0 heterocycles. The van der Waals surface area contributed by atoms with Crippen LogP contribution in [0.15, 0.2) is 56.2 Å². The Balaban J connectivity index is 0.00000109. The molecule has 1 aromatic rings. The molecule has 0 saturated heterocycles. The van der Waals surface area contributed by atoms with Gasteiger partial charge in [-0.05, 0) is 128 Å². The molecule has 0 nitrogen and oxygen atoms in total. The molecule has 3 aliphatic carbocycles. The smallest absolute Gasteiger partial charge is 0.00975 e. The zero-order chi connectivity index (χ0) is 33.6. The second-order valence-electron chi connectivity index (χ2n) is 15.4. The molecule has 0 aliphatic heterocycles. The minimum atomic E-state index is 0.0134. The van der Waals surface area contributed by atoms with Crippen LogP contribution in [0, 0.1) is 34.5 Å². The Morgan fingerprint density at radius 2 is 1.36 bits per heavy atom. The molecule has 4 unspecified atom stereocenters. The zero-order valence-corrected chi connectivity index (χ0v) is 32.8. The first kappa shape index (κ1) is 40.4. The predicted octanol–water partition coefficient (Wildman–Crippen LogP) is 13.7. The van der Waals surface area contributed by atoms with Crippen LogP contribution in [-0.2, 0) is 0 Å². The Hall–Kier alpha value is -0.780. The Bertz CT molecular complexity index is 999. The maximum Gasteiger partial charge on any atom is 0.00975 e. The van der Waals surface area contributed by atoms with Crippen LogP contribution in [0.25, 0.3) is 0 Å². The Kier molecular flexibility index (Phi) is 17.9. The van der Waals surface area contributed by atoms with Crippen LogP contribution in [0.4, 0.5) is 0 Å². The molecule has 1 aromatic carbocycles. The van der Waals surface area contributed by atoms with Gasteiger partial charge < -0.3 is 0 Å². The average Bonchev–Trinajstić information content (AvgIpc) is 3.04. The molecule has 45 heavy (non-hydrogen) atoms. The second kappa shape index (κ2) is 19.9. The third-order valence-corrected chi connectivity index (χ3v) is 12.6. The van der Waals surface area contributed by atoms with E-state index in [2.05, 4.69) is 114 Å². The van der Waals surface area contributed by atoms with Gasteiger partial charge in [-0.15, -0.1) is 29.0 Å². The van der Waals surface area contributed by atoms with Crippen molar-refractivity contribution < 1.29 is 0 Å². The van der Waals surface area contributed by atoms with Crippen molar-refractivity contribution >= 4 is 27.2 Å². The summed E-state index contributed by atoms with van der Waals surface area (Å²) in [5.74, 6) is 4.19. The molecule has 3 saturated carbocycles. The SMILES string of the molecule is C=CC1(C=C)CC(CCC2CCC(S)CC2)CC(C=C)(CC)C1C1CCC(c2ccc(C(C)C)c(P)c2)CC1.CCC.CCC. The van der Waals surface area contributed by atoms with E-state index in [4.69, 9.17) is 12.6 Å². The van der Waals surface area contributed by atoms with Crippen LogP contribution in [0.3, 0.4) is 0 Å². The van der Waals surface area contributed by atoms with E-state index < -0.39 is 0 Å². The fourth-order valence-corrected chi connectivity index (χ4v) is 10.2. The van der Waals surface area contributed by atoms with Crippen molar-refractivity contribution in [2.75, 3.05) is 0 Å². The maximum atomic E-state index is 4.74. The lowest BCUT2D eigenvalue weighted by Gasteiger charge is -2.58. The van der Waals surface area contributed by atoms with E-state index in [1.54, 1.807) is 5.56 Å². The fourth-order valence-electron chi connectivity index (χ4n) is 9.30. The van der Waals surface area contributed by atoms with Crippen molar-refractivity contribution in [3.05, 3.63) is 67.3 Å². The van der Waals surface area contributed by atoms with Gasteiger partial charge in [0.25, 0.3) is 0 Å². The normalized spacial score (nSPS) is 31.1. The summed E-state index contributed by atoms with van der Waals surface area (Å²) in [5, 5.41) is 2.02. The second-order valence-corrected chi connectivity index (χ2v) is 16.7. The Morgan fingerprint density at radius 1 is 0.800 bits per heavy atom. The highest BCUT2D eigenvalue weighted by atomic mass is 32.1. The lowest BCUT2D eigenvalue weighted by Crippen LogP contribution is -2.50. The fraction of sp³-hybridized carbons (Fsp3) is 0.721. The van der Waals surface area contributed by atoms with Gasteiger partial charge >= 0.3 is 0 Å². The minimum Gasteiger partial charge on any atom is -0.176 e. The van der Waals surface area contributed by atoms with Gasteiger partial charge in [-0.1, -0.05) is 111 Å². The third kappa shape index (κ3) is 10.6. The monoisotopic (exact) mass is 653 g/mol. The van der Waals surface area contributed by atoms with E-state index in [1.807, 2.05) is 0 Å². The van der Waals surface area contributed by atoms with Crippen LogP contribution in [0.1, 0.15) is 168 Å². The summed E-state index contributed by atoms with van der Waals surface area (Å²) < 4.78 is 0. The van der Waals surface area contributed by atoms with Crippen molar-refractivity contribution in [1.29, 1.82) is 0 Å². The summed E-state index contributed by atoms with van der Waals surface area (Å²) >= 11 is 4.74. The summed E-state index contributed by atoms with van der Waals surface area (Å²) in [6.07, 6.45) is 26.5. The van der Waals surface area contributed by atoms with Crippen molar-refractivity contribution in [3.8, 4) is 0 Å². The standard InChI is InChI=1S/C37H57PS.2C3H8/c1-7-36(8-2)24-28(12-11-27-13-20-32(39)21-14-27)25-37(9-3,10-4)35(36)30-17-15-29(16-18-30)31-19-22-33(26(5)6)34(38)23-31;2*1-3-2/h7-9,19,22-23,26-30,32,35,39H,1-3,10-18,20-21,24-25,38H2,4-6H3;2*3H2,1-2H3. The quantitative estimate of drug-likeness (QED) is 0.145. The number of hydrogen-bond donors (Lipinski definition) is 1. The van der Waals surface area contributed by atoms with Gasteiger partial charge in [-0.25, -0.2) is 0 Å². The molecular formula is C43H73PS. The maximum absolute atomic E-state index is 4.74. The number of allylic oxidation sites excluding steroid dienone is 3. The van der Waals surface area contributed by atoms with E-state index in [-0.39, 0.29) is 10.8 Å². The van der Waals surface area contributed by atoms with Gasteiger partial charge in [0.2, 0.25) is 0 Å². The molecule has 0 radical (unpaired) electrons. The molecule has 0 aromatic heterocycles. The zero-order valence-electron chi connectivity index (χ0n) is 30.8. The molecule has 4 atom stereocenters. The molecule has 0 amide bonds. The largest absolute Gasteiger partial charge is 0.176 e. The predicted molar refractivity (Wildman–Crippen MR) is 212 cm³/mol. The van der Waals surface area contributed by atoms with Gasteiger partial charge in [-0.2, -0.15) is 12.6 Å². The summed E-state index contributed by atoms with van der Waals surface area (Å²) in [5.41, 5.74) is 3.20. The van der Waals surface area contributed by atoms with Crippen LogP contribution in [-0.4, -0.2) is 5.25 Å². The Labute approximate surface area is 289 Å². The van der Waals surface area contributed by atoms with Crippen molar-refractivity contribution in [1.82, 2.24) is 0 Å². The van der Waals surface area contributed by atoms with E-state index in [0.717, 1.165) is 11.8 Å². The lowest BCUT2D eigenvalue weighted by molar-refractivity contribution is -0.0324. The molecular weight excluding hydrogens is 580 g/mol. The molecule has 256 valence electrons. The van der Waals surface area contributed by atoms with E-state index >= 15 is 0 Å². The van der Waals surface area contributed by atoms with Crippen molar-refractivity contribution in [2.24, 2.45) is 34.5 Å². The molecule has 4 rings (SSSR count). The summed E-state index contributed by atoms with van der Waals surface area (Å²) in [6, 6.07) is 7.25. The van der Waals surface area contributed by atoms with Gasteiger partial charge in [0.1, 0.15) is 0 Å². The van der Waals surface area contributed by atoms with Gasteiger partial charge in [0.05, 0.1) is 0 Å². The number of benzene rings is 1. The average molecular weight is 653 g/mol. The van der Waals surface area contributed by atoms with Crippen LogP contribution < -0.4 is 5.30 Å². The van der Waals surface area contributed by atoms with Gasteiger partial charge in [0.15, 0.2) is 0 Å². The van der Waals surface area contributed by atoms with E-state index in [0.29, 0.717) is 28.9 Å². The van der Waals surface area contributed by atoms with Crippen molar-refractivity contribution in [3.63, 3.8) is 0 Å². The molecule has 0 spiro atoms. The van der Waals surface area contributed by atoms with Gasteiger partial charge in [-0.3, -0.25) is 0 Å².